The Morgan fingerprint density at radius 1 is 1.17 bits per heavy atom. The number of carbonyl (C=O) groups excluding carboxylic acids is 1. The molecule has 2 rings (SSSR count). The number of hydrogen-bond donors (Lipinski definition) is 2. The Bertz CT molecular complexity index is 767. The van der Waals surface area contributed by atoms with E-state index in [2.05, 4.69) is 5.32 Å². The van der Waals surface area contributed by atoms with E-state index in [1.54, 1.807) is 19.1 Å². The lowest BCUT2D eigenvalue weighted by Crippen LogP contribution is -2.14. The lowest BCUT2D eigenvalue weighted by atomic mass is 10.1. The second kappa shape index (κ2) is 6.89. The van der Waals surface area contributed by atoms with Crippen molar-refractivity contribution in [1.82, 2.24) is 0 Å². The lowest BCUT2D eigenvalue weighted by molar-refractivity contribution is 0.0695. The zero-order valence-corrected chi connectivity index (χ0v) is 13.8. The molecule has 0 heterocycles. The number of rotatable bonds is 4. The van der Waals surface area contributed by atoms with Gasteiger partial charge in [-0.05, 0) is 36.8 Å². The van der Waals surface area contributed by atoms with E-state index in [0.29, 0.717) is 11.3 Å². The second-order valence-electron chi connectivity index (χ2n) is 4.71. The molecular formula is C16H13Cl2NO4. The van der Waals surface area contributed by atoms with Gasteiger partial charge in [0.05, 0.1) is 22.7 Å². The van der Waals surface area contributed by atoms with E-state index < -0.39 is 11.9 Å². The van der Waals surface area contributed by atoms with Crippen LogP contribution in [0.4, 0.5) is 5.69 Å². The van der Waals surface area contributed by atoms with Crippen LogP contribution in [0, 0.1) is 6.92 Å². The maximum atomic E-state index is 12.3. The molecule has 0 radical (unpaired) electrons. The number of anilines is 1. The van der Waals surface area contributed by atoms with Gasteiger partial charge in [0.15, 0.2) is 5.75 Å². The highest BCUT2D eigenvalue weighted by atomic mass is 35.5. The standard InChI is InChI=1S/C16H13Cl2NO4/c1-8-10(16(21)22)4-3-5-13(8)19-15(20)9-6-11(17)14(23-2)12(18)7-9/h3-7H,1-2H3,(H,19,20)(H,21,22). The molecule has 2 aromatic rings. The Kier molecular flexibility index (Phi) is 5.13. The predicted octanol–water partition coefficient (Wildman–Crippen LogP) is 4.26. The highest BCUT2D eigenvalue weighted by Gasteiger charge is 2.16. The van der Waals surface area contributed by atoms with E-state index in [1.165, 1.54) is 25.3 Å². The van der Waals surface area contributed by atoms with Crippen LogP contribution in [0.1, 0.15) is 26.3 Å². The van der Waals surface area contributed by atoms with E-state index in [0.717, 1.165) is 0 Å². The number of halogens is 2. The van der Waals surface area contributed by atoms with Crippen molar-refractivity contribution >= 4 is 40.8 Å². The first-order valence-electron chi connectivity index (χ1n) is 6.52. The molecule has 0 spiro atoms. The highest BCUT2D eigenvalue weighted by Crippen LogP contribution is 2.34. The summed E-state index contributed by atoms with van der Waals surface area (Å²) in [4.78, 5) is 23.5. The first kappa shape index (κ1) is 17.1. The van der Waals surface area contributed by atoms with Crippen LogP contribution in [-0.2, 0) is 0 Å². The summed E-state index contributed by atoms with van der Waals surface area (Å²) >= 11 is 12.0. The molecule has 0 fully saturated rings. The number of carboxylic acid groups (broad SMARTS) is 1. The minimum Gasteiger partial charge on any atom is -0.494 e. The van der Waals surface area contributed by atoms with Crippen molar-refractivity contribution in [3.8, 4) is 5.75 Å². The Hall–Kier alpha value is -2.24. The molecular weight excluding hydrogens is 341 g/mol. The minimum absolute atomic E-state index is 0.119. The van der Waals surface area contributed by atoms with Gasteiger partial charge in [0, 0.05) is 11.3 Å². The molecule has 0 saturated carbocycles. The zero-order chi connectivity index (χ0) is 17.1. The van der Waals surface area contributed by atoms with Gasteiger partial charge in [-0.2, -0.15) is 0 Å². The molecule has 0 unspecified atom stereocenters. The lowest BCUT2D eigenvalue weighted by Gasteiger charge is -2.12. The van der Waals surface area contributed by atoms with Crippen molar-refractivity contribution in [3.63, 3.8) is 0 Å². The largest absolute Gasteiger partial charge is 0.494 e. The van der Waals surface area contributed by atoms with E-state index in [4.69, 9.17) is 33.0 Å². The Balaban J connectivity index is 2.33. The molecule has 7 heteroatoms. The second-order valence-corrected chi connectivity index (χ2v) is 5.52. The molecule has 0 aliphatic rings. The Morgan fingerprint density at radius 2 is 1.78 bits per heavy atom. The maximum absolute atomic E-state index is 12.3. The smallest absolute Gasteiger partial charge is 0.336 e. The zero-order valence-electron chi connectivity index (χ0n) is 12.3. The number of carboxylic acids is 1. The predicted molar refractivity (Wildman–Crippen MR) is 89.1 cm³/mol. The molecule has 0 aliphatic heterocycles. The summed E-state index contributed by atoms with van der Waals surface area (Å²) < 4.78 is 5.03. The van der Waals surface area contributed by atoms with Crippen molar-refractivity contribution in [1.29, 1.82) is 0 Å². The van der Waals surface area contributed by atoms with Gasteiger partial charge < -0.3 is 15.2 Å². The van der Waals surface area contributed by atoms with Crippen LogP contribution in [0.15, 0.2) is 30.3 Å². The number of benzene rings is 2. The van der Waals surface area contributed by atoms with E-state index >= 15 is 0 Å². The average molecular weight is 354 g/mol. The number of carbonyl (C=O) groups is 2. The fraction of sp³-hybridized carbons (Fsp3) is 0.125. The van der Waals surface area contributed by atoms with Crippen molar-refractivity contribution < 1.29 is 19.4 Å². The number of hydrogen-bond acceptors (Lipinski definition) is 3. The minimum atomic E-state index is -1.06. The number of amides is 1. The normalized spacial score (nSPS) is 10.3. The molecule has 0 saturated heterocycles. The average Bonchev–Trinajstić information content (AvgIpc) is 2.48. The third-order valence-electron chi connectivity index (χ3n) is 3.28. The SMILES string of the molecule is COc1c(Cl)cc(C(=O)Nc2cccc(C(=O)O)c2C)cc1Cl. The summed E-state index contributed by atoms with van der Waals surface area (Å²) in [6, 6.07) is 7.50. The van der Waals surface area contributed by atoms with Gasteiger partial charge in [-0.25, -0.2) is 4.79 Å². The molecule has 120 valence electrons. The number of aromatic carboxylic acids is 1. The number of methoxy groups -OCH3 is 1. The van der Waals surface area contributed by atoms with Gasteiger partial charge in [0.2, 0.25) is 0 Å². The van der Waals surface area contributed by atoms with Gasteiger partial charge in [0.1, 0.15) is 0 Å². The Morgan fingerprint density at radius 3 is 2.30 bits per heavy atom. The monoisotopic (exact) mass is 353 g/mol. The van der Waals surface area contributed by atoms with E-state index in [-0.39, 0.29) is 26.9 Å². The first-order valence-corrected chi connectivity index (χ1v) is 7.28. The van der Waals surface area contributed by atoms with Crippen molar-refractivity contribution in [2.24, 2.45) is 0 Å². The van der Waals surface area contributed by atoms with E-state index in [9.17, 15) is 9.59 Å². The van der Waals surface area contributed by atoms with Gasteiger partial charge in [-0.3, -0.25) is 4.79 Å². The summed E-state index contributed by atoms with van der Waals surface area (Å²) in [7, 11) is 1.42. The molecule has 0 aliphatic carbocycles. The van der Waals surface area contributed by atoms with Crippen LogP contribution in [-0.4, -0.2) is 24.1 Å². The summed E-state index contributed by atoms with van der Waals surface area (Å²) in [5, 5.41) is 12.2. The fourth-order valence-corrected chi connectivity index (χ4v) is 2.72. The van der Waals surface area contributed by atoms with Crippen LogP contribution in [0.5, 0.6) is 5.75 Å². The van der Waals surface area contributed by atoms with Crippen molar-refractivity contribution in [2.75, 3.05) is 12.4 Å². The number of nitrogens with one attached hydrogen (secondary N) is 1. The third kappa shape index (κ3) is 3.57. The molecule has 0 bridgehead atoms. The summed E-state index contributed by atoms with van der Waals surface area (Å²) in [5.41, 5.74) is 1.21. The van der Waals surface area contributed by atoms with Crippen LogP contribution < -0.4 is 10.1 Å². The van der Waals surface area contributed by atoms with Crippen LogP contribution in [0.25, 0.3) is 0 Å². The van der Waals surface area contributed by atoms with Crippen LogP contribution in [0.3, 0.4) is 0 Å². The molecule has 5 nitrogen and oxygen atoms in total. The highest BCUT2D eigenvalue weighted by molar-refractivity contribution is 6.37. The quantitative estimate of drug-likeness (QED) is 0.860. The third-order valence-corrected chi connectivity index (χ3v) is 3.84. The Labute approximate surface area is 142 Å². The van der Waals surface area contributed by atoms with Crippen molar-refractivity contribution in [2.45, 2.75) is 6.92 Å². The maximum Gasteiger partial charge on any atom is 0.336 e. The molecule has 2 aromatic carbocycles. The molecule has 0 aromatic heterocycles. The van der Waals surface area contributed by atoms with Gasteiger partial charge in [0.25, 0.3) is 5.91 Å². The van der Waals surface area contributed by atoms with Gasteiger partial charge in [-0.1, -0.05) is 29.3 Å². The number of ether oxygens (including phenoxy) is 1. The van der Waals surface area contributed by atoms with Gasteiger partial charge in [-0.15, -0.1) is 0 Å². The topological polar surface area (TPSA) is 75.6 Å². The summed E-state index contributed by atoms with van der Waals surface area (Å²) in [6.45, 7) is 1.62. The molecule has 0 atom stereocenters. The summed E-state index contributed by atoms with van der Waals surface area (Å²) in [5.74, 6) is -1.23. The molecule has 23 heavy (non-hydrogen) atoms. The van der Waals surface area contributed by atoms with Crippen LogP contribution in [0.2, 0.25) is 10.0 Å². The fourth-order valence-electron chi connectivity index (χ4n) is 2.08. The molecule has 2 N–H and O–H groups in total. The van der Waals surface area contributed by atoms with Crippen LogP contribution >= 0.6 is 23.2 Å². The van der Waals surface area contributed by atoms with Gasteiger partial charge >= 0.3 is 5.97 Å². The molecule has 1 amide bonds. The van der Waals surface area contributed by atoms with Crippen molar-refractivity contribution in [3.05, 3.63) is 57.1 Å². The first-order chi connectivity index (χ1) is 10.8. The summed E-state index contributed by atoms with van der Waals surface area (Å²) in [6.07, 6.45) is 0. The van der Waals surface area contributed by atoms with E-state index in [1.807, 2.05) is 0 Å².